The van der Waals surface area contributed by atoms with E-state index < -0.39 is 0 Å². The van der Waals surface area contributed by atoms with Gasteiger partial charge in [-0.15, -0.1) is 0 Å². The van der Waals surface area contributed by atoms with Gasteiger partial charge in [0.25, 0.3) is 0 Å². The number of hydrogen-bond donors (Lipinski definition) is 3. The minimum Gasteiger partial charge on any atom is -0.489 e. The van der Waals surface area contributed by atoms with Crippen LogP contribution in [0, 0.1) is 0 Å². The van der Waals surface area contributed by atoms with Crippen molar-refractivity contribution in [3.8, 4) is 5.75 Å². The second-order valence-corrected chi connectivity index (χ2v) is 9.16. The maximum Gasteiger partial charge on any atom is 0.248 e. The minimum absolute atomic E-state index is 0.215. The molecule has 0 spiro atoms. The highest BCUT2D eigenvalue weighted by Gasteiger charge is 2.08. The minimum atomic E-state index is -0.215. The molecule has 8 nitrogen and oxygen atoms in total. The maximum atomic E-state index is 12.5. The Morgan fingerprint density at radius 2 is 1.87 bits per heavy atom. The molecular formula is C31H26N6O2. The van der Waals surface area contributed by atoms with Gasteiger partial charge in [-0.2, -0.15) is 0 Å². The lowest BCUT2D eigenvalue weighted by Crippen LogP contribution is -2.08. The Kier molecular flexibility index (Phi) is 6.49. The molecule has 3 aromatic carbocycles. The van der Waals surface area contributed by atoms with Crippen LogP contribution >= 0.6 is 0 Å². The summed E-state index contributed by atoms with van der Waals surface area (Å²) in [7, 11) is 1.93. The summed E-state index contributed by atoms with van der Waals surface area (Å²) >= 11 is 0. The van der Waals surface area contributed by atoms with Crippen molar-refractivity contribution < 1.29 is 9.53 Å². The molecule has 0 atom stereocenters. The lowest BCUT2D eigenvalue weighted by molar-refractivity contribution is -0.111. The summed E-state index contributed by atoms with van der Waals surface area (Å²) in [6.07, 6.45) is 8.67. The zero-order chi connectivity index (χ0) is 26.6. The molecule has 0 aliphatic rings. The fourth-order valence-corrected chi connectivity index (χ4v) is 4.33. The van der Waals surface area contributed by atoms with Crippen LogP contribution in [0.3, 0.4) is 0 Å². The van der Waals surface area contributed by atoms with Crippen molar-refractivity contribution in [1.82, 2.24) is 19.5 Å². The molecule has 6 rings (SSSR count). The van der Waals surface area contributed by atoms with Gasteiger partial charge in [0.05, 0.1) is 5.52 Å². The van der Waals surface area contributed by atoms with Crippen molar-refractivity contribution in [3.63, 3.8) is 0 Å². The number of aromatic nitrogens is 4. The van der Waals surface area contributed by atoms with Crippen molar-refractivity contribution in [2.24, 2.45) is 7.05 Å². The Morgan fingerprint density at radius 3 is 2.72 bits per heavy atom. The summed E-state index contributed by atoms with van der Waals surface area (Å²) in [5.41, 5.74) is 5.36. The highest BCUT2D eigenvalue weighted by molar-refractivity contribution is 6.03. The normalized spacial score (nSPS) is 11.3. The molecule has 39 heavy (non-hydrogen) atoms. The molecule has 0 fully saturated rings. The van der Waals surface area contributed by atoms with Gasteiger partial charge in [0.1, 0.15) is 24.5 Å². The summed E-state index contributed by atoms with van der Waals surface area (Å²) < 4.78 is 7.92. The Bertz CT molecular complexity index is 1800. The number of nitrogens with one attached hydrogen (secondary N) is 3. The van der Waals surface area contributed by atoms with Crippen LogP contribution in [0.5, 0.6) is 5.75 Å². The van der Waals surface area contributed by atoms with E-state index >= 15 is 0 Å². The van der Waals surface area contributed by atoms with E-state index in [2.05, 4.69) is 25.6 Å². The first-order valence-electron chi connectivity index (χ1n) is 12.5. The van der Waals surface area contributed by atoms with Crippen molar-refractivity contribution in [1.29, 1.82) is 0 Å². The molecule has 3 heterocycles. The average molecular weight is 515 g/mol. The van der Waals surface area contributed by atoms with Crippen LogP contribution in [-0.2, 0) is 18.4 Å². The van der Waals surface area contributed by atoms with E-state index in [9.17, 15) is 4.79 Å². The third-order valence-electron chi connectivity index (χ3n) is 6.44. The molecule has 3 N–H and O–H groups in total. The standard InChI is InChI=1S/C31H26N6O2/c1-37-16-2-3-25(37)10-13-30(38)35-24-9-12-28-27(17-24)31(34-20-33-28)36-23-7-4-21(5-8-23)19-39-26-11-6-22-14-15-32-29(22)18-26/h2-18,20,32H,19H2,1H3,(H,35,38)(H,33,34,36)/b13-10+. The number of anilines is 3. The Morgan fingerprint density at radius 1 is 1.00 bits per heavy atom. The average Bonchev–Trinajstić information content (AvgIpc) is 3.60. The van der Waals surface area contributed by atoms with Crippen LogP contribution in [0.1, 0.15) is 11.3 Å². The molecular weight excluding hydrogens is 488 g/mol. The number of rotatable bonds is 8. The lowest BCUT2D eigenvalue weighted by Gasteiger charge is -2.11. The van der Waals surface area contributed by atoms with Gasteiger partial charge >= 0.3 is 0 Å². The summed E-state index contributed by atoms with van der Waals surface area (Å²) in [6, 6.07) is 25.5. The number of fused-ring (bicyclic) bond motifs is 2. The van der Waals surface area contributed by atoms with Crippen LogP contribution in [0.4, 0.5) is 17.2 Å². The predicted molar refractivity (Wildman–Crippen MR) is 155 cm³/mol. The molecule has 0 unspecified atom stereocenters. The number of hydrogen-bond acceptors (Lipinski definition) is 5. The van der Waals surface area contributed by atoms with Gasteiger partial charge in [-0.3, -0.25) is 4.79 Å². The van der Waals surface area contributed by atoms with Gasteiger partial charge in [-0.25, -0.2) is 9.97 Å². The quantitative estimate of drug-likeness (QED) is 0.204. The monoisotopic (exact) mass is 514 g/mol. The molecule has 0 saturated heterocycles. The summed E-state index contributed by atoms with van der Waals surface area (Å²) in [5, 5.41) is 8.24. The Hall–Kier alpha value is -5.37. The first kappa shape index (κ1) is 24.0. The Labute approximate surface area is 225 Å². The smallest absolute Gasteiger partial charge is 0.248 e. The first-order valence-corrected chi connectivity index (χ1v) is 12.5. The molecule has 0 aliphatic heterocycles. The summed E-state index contributed by atoms with van der Waals surface area (Å²) in [5.74, 6) is 1.25. The molecule has 1 amide bonds. The second kappa shape index (κ2) is 10.5. The van der Waals surface area contributed by atoms with Crippen molar-refractivity contribution in [2.75, 3.05) is 10.6 Å². The van der Waals surface area contributed by atoms with E-state index in [-0.39, 0.29) is 5.91 Å². The van der Waals surface area contributed by atoms with Crippen LogP contribution in [0.2, 0.25) is 0 Å². The number of carbonyl (C=O) groups excluding carboxylic acids is 1. The summed E-state index contributed by atoms with van der Waals surface area (Å²) in [6.45, 7) is 0.463. The molecule has 0 bridgehead atoms. The van der Waals surface area contributed by atoms with Gasteiger partial charge in [-0.05, 0) is 77.7 Å². The van der Waals surface area contributed by atoms with Gasteiger partial charge in [0.2, 0.25) is 5.91 Å². The number of benzene rings is 3. The molecule has 192 valence electrons. The molecule has 0 aliphatic carbocycles. The van der Waals surface area contributed by atoms with Crippen molar-refractivity contribution >= 4 is 51.0 Å². The van der Waals surface area contributed by atoms with E-state index in [1.165, 1.54) is 12.4 Å². The topological polar surface area (TPSA) is 96.9 Å². The maximum absolute atomic E-state index is 12.5. The summed E-state index contributed by atoms with van der Waals surface area (Å²) in [4.78, 5) is 24.5. The lowest BCUT2D eigenvalue weighted by atomic mass is 10.2. The molecule has 8 heteroatoms. The predicted octanol–water partition coefficient (Wildman–Crippen LogP) is 6.42. The highest BCUT2D eigenvalue weighted by Crippen LogP contribution is 2.26. The zero-order valence-electron chi connectivity index (χ0n) is 21.3. The van der Waals surface area contributed by atoms with Gasteiger partial charge in [-0.1, -0.05) is 12.1 Å². The van der Waals surface area contributed by atoms with Crippen LogP contribution in [0.15, 0.2) is 104 Å². The number of aromatic amines is 1. The third-order valence-corrected chi connectivity index (χ3v) is 6.44. The highest BCUT2D eigenvalue weighted by atomic mass is 16.5. The molecule has 0 saturated carbocycles. The number of nitrogens with zero attached hydrogens (tertiary/aromatic N) is 3. The van der Waals surface area contributed by atoms with Crippen molar-refractivity contribution in [3.05, 3.63) is 115 Å². The molecule has 6 aromatic rings. The molecule has 3 aromatic heterocycles. The van der Waals surface area contributed by atoms with E-state index in [0.717, 1.165) is 44.5 Å². The zero-order valence-corrected chi connectivity index (χ0v) is 21.3. The fraction of sp³-hybridized carbons (Fsp3) is 0.0645. The second-order valence-electron chi connectivity index (χ2n) is 9.16. The van der Waals surface area contributed by atoms with E-state index in [1.54, 1.807) is 6.08 Å². The van der Waals surface area contributed by atoms with Gasteiger partial charge in [0.15, 0.2) is 0 Å². The third kappa shape index (κ3) is 5.50. The molecule has 0 radical (unpaired) electrons. The number of aryl methyl sites for hydroxylation is 1. The largest absolute Gasteiger partial charge is 0.489 e. The van der Waals surface area contributed by atoms with Gasteiger partial charge in [0, 0.05) is 59.6 Å². The van der Waals surface area contributed by atoms with E-state index in [4.69, 9.17) is 4.74 Å². The van der Waals surface area contributed by atoms with Crippen LogP contribution < -0.4 is 15.4 Å². The first-order chi connectivity index (χ1) is 19.1. The van der Waals surface area contributed by atoms with Gasteiger partial charge < -0.3 is 24.9 Å². The van der Waals surface area contributed by atoms with E-state index in [0.29, 0.717) is 18.1 Å². The number of amides is 1. The van der Waals surface area contributed by atoms with Crippen LogP contribution in [-0.4, -0.2) is 25.4 Å². The number of carbonyl (C=O) groups is 1. The SMILES string of the molecule is Cn1cccc1/C=C/C(=O)Nc1ccc2ncnc(Nc3ccc(COc4ccc5cc[nH]c5c4)cc3)c2c1. The van der Waals surface area contributed by atoms with Crippen molar-refractivity contribution in [2.45, 2.75) is 6.61 Å². The van der Waals surface area contributed by atoms with Crippen LogP contribution in [0.25, 0.3) is 27.9 Å². The fourth-order valence-electron chi connectivity index (χ4n) is 4.33. The Balaban J connectivity index is 1.13. The number of ether oxygens (including phenoxy) is 1. The number of H-pyrrole nitrogens is 1. The van der Waals surface area contributed by atoms with E-state index in [1.807, 2.05) is 103 Å².